The molecule has 9 heteroatoms. The van der Waals surface area contributed by atoms with E-state index >= 15 is 0 Å². The first-order chi connectivity index (χ1) is 18.9. The number of para-hydroxylation sites is 3. The molecule has 1 aromatic heterocycles. The van der Waals surface area contributed by atoms with E-state index in [0.29, 0.717) is 18.7 Å². The van der Waals surface area contributed by atoms with E-state index in [1.165, 1.54) is 13.0 Å². The third-order valence-electron chi connectivity index (χ3n) is 6.46. The molecule has 0 radical (unpaired) electrons. The summed E-state index contributed by atoms with van der Waals surface area (Å²) in [6, 6.07) is 21.5. The molecule has 0 saturated carbocycles. The minimum atomic E-state index is -0.642. The van der Waals surface area contributed by atoms with Crippen molar-refractivity contribution in [3.05, 3.63) is 95.7 Å². The number of nitrogens with two attached hydrogens (primary N) is 1. The highest BCUT2D eigenvalue weighted by Crippen LogP contribution is 2.22. The lowest BCUT2D eigenvalue weighted by Crippen LogP contribution is -2.47. The van der Waals surface area contributed by atoms with Gasteiger partial charge in [0.15, 0.2) is 6.61 Å². The predicted molar refractivity (Wildman–Crippen MR) is 148 cm³/mol. The molecule has 0 aliphatic rings. The van der Waals surface area contributed by atoms with Crippen LogP contribution in [-0.2, 0) is 22.6 Å². The molecule has 0 saturated heterocycles. The second-order valence-corrected chi connectivity index (χ2v) is 9.19. The van der Waals surface area contributed by atoms with Crippen molar-refractivity contribution < 1.29 is 23.9 Å². The minimum Gasteiger partial charge on any atom is -0.496 e. The number of amides is 3. The highest BCUT2D eigenvalue weighted by molar-refractivity contribution is 5.95. The maximum absolute atomic E-state index is 13.0. The number of primary amides is 1. The largest absolute Gasteiger partial charge is 0.496 e. The Morgan fingerprint density at radius 2 is 1.64 bits per heavy atom. The number of nitrogens with zero attached hydrogens (tertiary/aromatic N) is 1. The Morgan fingerprint density at radius 3 is 2.38 bits per heavy atom. The predicted octanol–water partition coefficient (Wildman–Crippen LogP) is 3.43. The monoisotopic (exact) mass is 528 g/mol. The van der Waals surface area contributed by atoms with Crippen molar-refractivity contribution in [3.8, 4) is 11.5 Å². The molecule has 3 amide bonds. The van der Waals surface area contributed by atoms with Crippen LogP contribution in [0.3, 0.4) is 0 Å². The van der Waals surface area contributed by atoms with Crippen molar-refractivity contribution in [2.24, 2.45) is 5.73 Å². The van der Waals surface area contributed by atoms with Crippen LogP contribution in [0.2, 0.25) is 0 Å². The van der Waals surface area contributed by atoms with E-state index in [9.17, 15) is 14.4 Å². The van der Waals surface area contributed by atoms with Crippen LogP contribution in [-0.4, -0.2) is 53.9 Å². The highest BCUT2D eigenvalue weighted by atomic mass is 16.5. The molecule has 0 aliphatic carbocycles. The molecule has 0 bridgehead atoms. The summed E-state index contributed by atoms with van der Waals surface area (Å²) in [7, 11) is 1.59. The van der Waals surface area contributed by atoms with E-state index in [-0.39, 0.29) is 36.3 Å². The number of nitrogens with one attached hydrogen (secondary N) is 2. The number of benzene rings is 3. The SMILES string of the molecule is COc1ccccc1CN(C[C@@H](Cc1c[nH]c2ccccc12)NC(=O)COc1ccccc1C(N)=O)C(C)=O. The Bertz CT molecular complexity index is 1460. The first-order valence-electron chi connectivity index (χ1n) is 12.6. The van der Waals surface area contributed by atoms with Crippen molar-refractivity contribution in [1.29, 1.82) is 0 Å². The second-order valence-electron chi connectivity index (χ2n) is 9.19. The van der Waals surface area contributed by atoms with Gasteiger partial charge in [-0.2, -0.15) is 0 Å². The van der Waals surface area contributed by atoms with Crippen LogP contribution >= 0.6 is 0 Å². The molecule has 0 fully saturated rings. The van der Waals surface area contributed by atoms with Crippen molar-refractivity contribution in [1.82, 2.24) is 15.2 Å². The molecule has 39 heavy (non-hydrogen) atoms. The fraction of sp³-hybridized carbons (Fsp3) is 0.233. The van der Waals surface area contributed by atoms with E-state index in [0.717, 1.165) is 22.0 Å². The maximum Gasteiger partial charge on any atom is 0.258 e. The third-order valence-corrected chi connectivity index (χ3v) is 6.46. The molecule has 0 aliphatic heterocycles. The van der Waals surface area contributed by atoms with Crippen LogP contribution in [0.1, 0.15) is 28.4 Å². The fourth-order valence-electron chi connectivity index (χ4n) is 4.55. The topological polar surface area (TPSA) is 127 Å². The zero-order valence-electron chi connectivity index (χ0n) is 22.0. The number of rotatable bonds is 12. The number of fused-ring (bicyclic) bond motifs is 1. The number of hydrogen-bond acceptors (Lipinski definition) is 5. The second kappa shape index (κ2) is 12.6. The highest BCUT2D eigenvalue weighted by Gasteiger charge is 2.22. The smallest absolute Gasteiger partial charge is 0.258 e. The van der Waals surface area contributed by atoms with E-state index in [1.807, 2.05) is 54.7 Å². The Hall–Kier alpha value is -4.79. The van der Waals surface area contributed by atoms with Gasteiger partial charge in [0, 0.05) is 42.7 Å². The molecule has 4 aromatic rings. The Kier molecular flexibility index (Phi) is 8.83. The average molecular weight is 529 g/mol. The van der Waals surface area contributed by atoms with E-state index in [2.05, 4.69) is 10.3 Å². The van der Waals surface area contributed by atoms with Crippen LogP contribution in [0, 0.1) is 0 Å². The van der Waals surface area contributed by atoms with Gasteiger partial charge in [0.1, 0.15) is 11.5 Å². The molecule has 4 N–H and O–H groups in total. The molecule has 9 nitrogen and oxygen atoms in total. The standard InChI is InChI=1S/C30H32N4O5/c1-20(35)34(17-21-9-3-7-13-27(21)38-2)18-23(15-22-16-32-26-12-6-4-10-24(22)26)33-29(36)19-39-28-14-8-5-11-25(28)30(31)37/h3-14,16,23,32H,15,17-19H2,1-2H3,(H2,31,37)(H,33,36)/t23-/m1/s1. The van der Waals surface area contributed by atoms with Gasteiger partial charge in [0.05, 0.1) is 18.7 Å². The lowest BCUT2D eigenvalue weighted by molar-refractivity contribution is -0.131. The van der Waals surface area contributed by atoms with Gasteiger partial charge < -0.3 is 30.4 Å². The number of ether oxygens (including phenoxy) is 2. The lowest BCUT2D eigenvalue weighted by Gasteiger charge is -2.28. The number of aromatic amines is 1. The van der Waals surface area contributed by atoms with Crippen LogP contribution in [0.5, 0.6) is 11.5 Å². The van der Waals surface area contributed by atoms with Crippen molar-refractivity contribution in [2.75, 3.05) is 20.3 Å². The van der Waals surface area contributed by atoms with Gasteiger partial charge in [-0.25, -0.2) is 0 Å². The molecule has 1 heterocycles. The van der Waals surface area contributed by atoms with Gasteiger partial charge >= 0.3 is 0 Å². The summed E-state index contributed by atoms with van der Waals surface area (Å²) >= 11 is 0. The number of hydrogen-bond donors (Lipinski definition) is 3. The van der Waals surface area contributed by atoms with E-state index in [4.69, 9.17) is 15.2 Å². The van der Waals surface area contributed by atoms with Crippen LogP contribution in [0.25, 0.3) is 10.9 Å². The minimum absolute atomic E-state index is 0.134. The van der Waals surface area contributed by atoms with Crippen molar-refractivity contribution >= 4 is 28.6 Å². The summed E-state index contributed by atoms with van der Waals surface area (Å²) in [5.74, 6) is -0.250. The fourth-order valence-corrected chi connectivity index (χ4v) is 4.55. The van der Waals surface area contributed by atoms with Gasteiger partial charge in [-0.1, -0.05) is 48.5 Å². The van der Waals surface area contributed by atoms with Crippen LogP contribution in [0.4, 0.5) is 0 Å². The van der Waals surface area contributed by atoms with Gasteiger partial charge in [0.25, 0.3) is 11.8 Å². The summed E-state index contributed by atoms with van der Waals surface area (Å²) in [6.45, 7) is 1.77. The quantitative estimate of drug-likeness (QED) is 0.260. The summed E-state index contributed by atoms with van der Waals surface area (Å²) in [4.78, 5) is 42.4. The zero-order valence-corrected chi connectivity index (χ0v) is 22.0. The molecule has 202 valence electrons. The Morgan fingerprint density at radius 1 is 0.949 bits per heavy atom. The molecule has 1 atom stereocenters. The van der Waals surface area contributed by atoms with Gasteiger partial charge in [-0.3, -0.25) is 14.4 Å². The first kappa shape index (κ1) is 27.3. The zero-order chi connectivity index (χ0) is 27.8. The van der Waals surface area contributed by atoms with Crippen LogP contribution in [0.15, 0.2) is 79.0 Å². The van der Waals surface area contributed by atoms with Gasteiger partial charge in [0.2, 0.25) is 5.91 Å². The molecule has 4 rings (SSSR count). The molecule has 3 aromatic carbocycles. The van der Waals surface area contributed by atoms with Crippen LogP contribution < -0.4 is 20.5 Å². The number of methoxy groups -OCH3 is 1. The summed E-state index contributed by atoms with van der Waals surface area (Å²) in [5, 5.41) is 4.06. The maximum atomic E-state index is 13.0. The normalized spacial score (nSPS) is 11.5. The average Bonchev–Trinajstić information content (AvgIpc) is 3.34. The Labute approximate surface area is 226 Å². The van der Waals surface area contributed by atoms with Crippen molar-refractivity contribution in [2.45, 2.75) is 25.9 Å². The first-order valence-corrected chi connectivity index (χ1v) is 12.6. The van der Waals surface area contributed by atoms with Crippen molar-refractivity contribution in [3.63, 3.8) is 0 Å². The van der Waals surface area contributed by atoms with Gasteiger partial charge in [-0.05, 0) is 36.2 Å². The number of H-pyrrole nitrogens is 1. The molecular weight excluding hydrogens is 496 g/mol. The van der Waals surface area contributed by atoms with E-state index < -0.39 is 11.9 Å². The number of carbonyl (C=O) groups is 3. The summed E-state index contributed by atoms with van der Waals surface area (Å²) < 4.78 is 11.1. The lowest BCUT2D eigenvalue weighted by atomic mass is 10.0. The summed E-state index contributed by atoms with van der Waals surface area (Å²) in [6.07, 6.45) is 2.39. The molecular formula is C30H32N4O5. The third kappa shape index (κ3) is 6.95. The van der Waals surface area contributed by atoms with E-state index in [1.54, 1.807) is 30.2 Å². The number of carbonyl (C=O) groups excluding carboxylic acids is 3. The number of aromatic nitrogens is 1. The Balaban J connectivity index is 1.53. The molecule has 0 unspecified atom stereocenters. The summed E-state index contributed by atoms with van der Waals surface area (Å²) in [5.41, 5.74) is 8.47. The van der Waals surface area contributed by atoms with Gasteiger partial charge in [-0.15, -0.1) is 0 Å². The molecule has 0 spiro atoms.